The third-order valence-electron chi connectivity index (χ3n) is 3.60. The lowest BCUT2D eigenvalue weighted by molar-refractivity contribution is -2.00. The van der Waals surface area contributed by atoms with Crippen molar-refractivity contribution in [2.75, 3.05) is 13.2 Å². The molecule has 3 aromatic rings. The molecular formula is C19H20ClO8P. The van der Waals surface area contributed by atoms with Crippen LogP contribution in [0.15, 0.2) is 65.1 Å². The third kappa shape index (κ3) is 6.85. The van der Waals surface area contributed by atoms with E-state index < -0.39 is 17.8 Å². The highest BCUT2D eigenvalue weighted by molar-refractivity contribution is 7.62. The van der Waals surface area contributed by atoms with Gasteiger partial charge < -0.3 is 9.05 Å². The van der Waals surface area contributed by atoms with Crippen LogP contribution in [0, 0.1) is 10.2 Å². The number of benzene rings is 2. The Balaban J connectivity index is 0.000000537. The molecule has 1 aromatic heterocycles. The van der Waals surface area contributed by atoms with Crippen molar-refractivity contribution in [1.29, 1.82) is 0 Å². The van der Waals surface area contributed by atoms with Gasteiger partial charge in [0.25, 0.3) is 0 Å². The van der Waals surface area contributed by atoms with Crippen molar-refractivity contribution in [2.45, 2.75) is 13.8 Å². The van der Waals surface area contributed by atoms with Gasteiger partial charge in [0, 0.05) is 6.07 Å². The Morgan fingerprint density at radius 1 is 0.897 bits per heavy atom. The Morgan fingerprint density at radius 3 is 1.97 bits per heavy atom. The van der Waals surface area contributed by atoms with E-state index in [1.54, 1.807) is 19.9 Å². The van der Waals surface area contributed by atoms with Gasteiger partial charge in [-0.15, -0.1) is 10.2 Å². The molecule has 0 unspecified atom stereocenters. The summed E-state index contributed by atoms with van der Waals surface area (Å²) in [5.74, 6) is 0.629. The van der Waals surface area contributed by atoms with Crippen LogP contribution in [0.3, 0.4) is 0 Å². The van der Waals surface area contributed by atoms with Crippen molar-refractivity contribution < 1.29 is 46.9 Å². The second-order valence-electron chi connectivity index (χ2n) is 5.57. The normalized spacial score (nSPS) is 11.8. The second-order valence-corrected chi connectivity index (χ2v) is 8.32. The van der Waals surface area contributed by atoms with E-state index in [0.717, 1.165) is 10.9 Å². The summed E-state index contributed by atoms with van der Waals surface area (Å²) in [5, 5.41) is 1.27. The van der Waals surface area contributed by atoms with Crippen LogP contribution < -0.4 is 23.9 Å². The van der Waals surface area contributed by atoms with Crippen LogP contribution in [-0.4, -0.2) is 13.2 Å². The molecule has 0 aliphatic rings. The first-order valence-corrected chi connectivity index (χ1v) is 11.4. The minimum absolute atomic E-state index is 0.304. The van der Waals surface area contributed by atoms with Crippen LogP contribution in [0.2, 0.25) is 0 Å². The van der Waals surface area contributed by atoms with Crippen LogP contribution >= 0.6 is 7.60 Å². The van der Waals surface area contributed by atoms with Crippen molar-refractivity contribution in [3.8, 4) is 11.3 Å². The maximum atomic E-state index is 13.3. The molecule has 0 saturated carbocycles. The van der Waals surface area contributed by atoms with Gasteiger partial charge in [-0.3, -0.25) is 4.57 Å². The summed E-state index contributed by atoms with van der Waals surface area (Å²) in [7, 11) is -8.37. The summed E-state index contributed by atoms with van der Waals surface area (Å²) in [6, 6.07) is 19.0. The van der Waals surface area contributed by atoms with Crippen molar-refractivity contribution in [3.63, 3.8) is 0 Å². The van der Waals surface area contributed by atoms with Crippen LogP contribution in [0.1, 0.15) is 13.8 Å². The molecule has 29 heavy (non-hydrogen) atoms. The smallest absolute Gasteiger partial charge is 0.305 e. The second kappa shape index (κ2) is 10.2. The van der Waals surface area contributed by atoms with Gasteiger partial charge in [0.1, 0.15) is 0 Å². The summed E-state index contributed by atoms with van der Waals surface area (Å²) < 4.78 is 64.4. The molecule has 1 heterocycles. The van der Waals surface area contributed by atoms with Gasteiger partial charge in [-0.05, 0) is 32.0 Å². The van der Waals surface area contributed by atoms with Crippen molar-refractivity contribution in [2.24, 2.45) is 0 Å². The van der Waals surface area contributed by atoms with Gasteiger partial charge in [-0.25, -0.2) is 23.1 Å². The highest BCUT2D eigenvalue weighted by atomic mass is 35.7. The molecule has 0 aliphatic carbocycles. The number of para-hydroxylation sites is 1. The van der Waals surface area contributed by atoms with Crippen LogP contribution in [0.5, 0.6) is 0 Å². The standard InChI is InChI=1S/C19H20O4P.ClHO4/c1-3-21-24(20,22-4-2)19-14-18(15-10-6-5-7-11-15)23-17-13-9-8-12-16(17)19;2-1(3,4)5/h5-14H,3-4H2,1-2H3;(H,2,3,4,5)/q+1;/p-1. The predicted octanol–water partition coefficient (Wildman–Crippen LogP) is 0.516. The Labute approximate surface area is 170 Å². The van der Waals surface area contributed by atoms with Gasteiger partial charge in [-0.2, -0.15) is 0 Å². The van der Waals surface area contributed by atoms with Crippen molar-refractivity contribution in [1.82, 2.24) is 0 Å². The number of halogens is 1. The highest BCUT2D eigenvalue weighted by Gasteiger charge is 2.33. The van der Waals surface area contributed by atoms with Gasteiger partial charge in [-0.1, -0.05) is 30.3 Å². The molecular weight excluding hydrogens is 423 g/mol. The lowest BCUT2D eigenvalue weighted by atomic mass is 10.1. The average molecular weight is 443 g/mol. The molecule has 156 valence electrons. The minimum Gasteiger partial charge on any atom is -0.305 e. The number of hydrogen-bond acceptors (Lipinski definition) is 7. The molecule has 0 fully saturated rings. The predicted molar refractivity (Wildman–Crippen MR) is 96.5 cm³/mol. The molecule has 3 rings (SSSR count). The highest BCUT2D eigenvalue weighted by Crippen LogP contribution is 2.49. The summed E-state index contributed by atoms with van der Waals surface area (Å²) in [4.78, 5) is 0. The van der Waals surface area contributed by atoms with E-state index in [1.807, 2.05) is 54.6 Å². The maximum absolute atomic E-state index is 13.3. The zero-order chi connectivity index (χ0) is 21.5. The van der Waals surface area contributed by atoms with Gasteiger partial charge >= 0.3 is 18.9 Å². The van der Waals surface area contributed by atoms with E-state index >= 15 is 0 Å². The molecule has 0 N–H and O–H groups in total. The van der Waals surface area contributed by atoms with Gasteiger partial charge in [0.15, 0.2) is 0 Å². The zero-order valence-electron chi connectivity index (χ0n) is 15.8. The minimum atomic E-state index is -4.94. The Bertz CT molecular complexity index is 959. The first kappa shape index (κ1) is 23.4. The maximum Gasteiger partial charge on any atom is 0.362 e. The fourth-order valence-corrected chi connectivity index (χ4v) is 4.39. The SMILES string of the molecule is CCOP(=O)(OCC)c1cc(-c2ccccc2)[o+]c2ccccc12.[O-][Cl+3]([O-])([O-])[O-]. The average Bonchev–Trinajstić information content (AvgIpc) is 2.67. The molecule has 10 heteroatoms. The molecule has 0 aliphatic heterocycles. The van der Waals surface area contributed by atoms with Gasteiger partial charge in [0.2, 0.25) is 0 Å². The van der Waals surface area contributed by atoms with E-state index in [4.69, 9.17) is 32.1 Å². The molecule has 0 bridgehead atoms. The Morgan fingerprint density at radius 2 is 1.41 bits per heavy atom. The van der Waals surface area contributed by atoms with E-state index in [-0.39, 0.29) is 0 Å². The van der Waals surface area contributed by atoms with Crippen molar-refractivity contribution >= 4 is 23.9 Å². The Kier molecular flexibility index (Phi) is 8.27. The lowest BCUT2D eigenvalue weighted by Gasteiger charge is -2.17. The summed E-state index contributed by atoms with van der Waals surface area (Å²) in [6.45, 7) is 4.22. The van der Waals surface area contributed by atoms with Crippen LogP contribution in [0.4, 0.5) is 0 Å². The molecule has 0 spiro atoms. The van der Waals surface area contributed by atoms with E-state index in [9.17, 15) is 4.57 Å². The Hall–Kier alpha value is -1.87. The number of rotatable bonds is 6. The summed E-state index contributed by atoms with van der Waals surface area (Å²) in [5.41, 5.74) is 1.55. The molecule has 0 saturated heterocycles. The molecule has 2 aromatic carbocycles. The third-order valence-corrected chi connectivity index (χ3v) is 5.76. The number of fused-ring (bicyclic) bond motifs is 1. The lowest BCUT2D eigenvalue weighted by Crippen LogP contribution is -2.68. The summed E-state index contributed by atoms with van der Waals surface area (Å²) >= 11 is 0. The quantitative estimate of drug-likeness (QED) is 0.397. The largest absolute Gasteiger partial charge is 0.362 e. The number of hydrogen-bond donors (Lipinski definition) is 0. The first-order chi connectivity index (χ1) is 13.7. The topological polar surface area (TPSA) is 139 Å². The van der Waals surface area contributed by atoms with Crippen LogP contribution in [0.25, 0.3) is 22.3 Å². The van der Waals surface area contributed by atoms with E-state index in [2.05, 4.69) is 0 Å². The first-order valence-electron chi connectivity index (χ1n) is 8.60. The monoisotopic (exact) mass is 442 g/mol. The fraction of sp³-hybridized carbons (Fsp3) is 0.211. The fourth-order valence-electron chi connectivity index (χ4n) is 2.60. The zero-order valence-corrected chi connectivity index (χ0v) is 17.4. The van der Waals surface area contributed by atoms with Crippen molar-refractivity contribution in [3.05, 3.63) is 60.7 Å². The molecule has 0 radical (unpaired) electrons. The molecule has 8 nitrogen and oxygen atoms in total. The van der Waals surface area contributed by atoms with Gasteiger partial charge in [0.05, 0.1) is 35.5 Å². The summed E-state index contributed by atoms with van der Waals surface area (Å²) in [6.07, 6.45) is 0. The van der Waals surface area contributed by atoms with Crippen LogP contribution in [-0.2, 0) is 13.6 Å². The van der Waals surface area contributed by atoms with E-state index in [0.29, 0.717) is 29.9 Å². The molecule has 0 atom stereocenters. The van der Waals surface area contributed by atoms with E-state index in [1.165, 1.54) is 0 Å². The molecule has 0 amide bonds.